The minimum absolute atomic E-state index is 0.870. The number of thioether (sulfide) groups is 1. The van der Waals surface area contributed by atoms with Gasteiger partial charge >= 0.3 is 0 Å². The van der Waals surface area contributed by atoms with Crippen molar-refractivity contribution in [3.63, 3.8) is 0 Å². The lowest BCUT2D eigenvalue weighted by molar-refractivity contribution is 0.839. The summed E-state index contributed by atoms with van der Waals surface area (Å²) in [6, 6.07) is 5.99. The zero-order valence-electron chi connectivity index (χ0n) is 11.3. The second-order valence-electron chi connectivity index (χ2n) is 5.15. The van der Waals surface area contributed by atoms with Gasteiger partial charge in [0.15, 0.2) is 5.17 Å². The highest BCUT2D eigenvalue weighted by Crippen LogP contribution is 2.05. The van der Waals surface area contributed by atoms with Gasteiger partial charge in [0, 0.05) is 19.4 Å². The summed E-state index contributed by atoms with van der Waals surface area (Å²) in [7, 11) is 0.861. The summed E-state index contributed by atoms with van der Waals surface area (Å²) < 4.78 is 2.00. The van der Waals surface area contributed by atoms with Crippen LogP contribution in [0.1, 0.15) is 0 Å². The molecule has 0 unspecified atom stereocenters. The van der Waals surface area contributed by atoms with Crippen LogP contribution < -0.4 is 5.49 Å². The maximum absolute atomic E-state index is 4.61. The third kappa shape index (κ3) is 5.36. The predicted octanol–water partition coefficient (Wildman–Crippen LogP) is 2.52. The third-order valence-corrected chi connectivity index (χ3v) is 3.80. The number of amidine groups is 1. The van der Waals surface area contributed by atoms with Crippen LogP contribution in [-0.4, -0.2) is 30.2 Å². The van der Waals surface area contributed by atoms with Gasteiger partial charge in [-0.05, 0) is 18.4 Å². The number of aliphatic imine (C=N–C) groups is 1. The average molecular weight is 267 g/mol. The molecular weight excluding hydrogens is 246 g/mol. The number of hydrogen-bond acceptors (Lipinski definition) is 2. The van der Waals surface area contributed by atoms with E-state index in [1.807, 2.05) is 42.3 Å². The average Bonchev–Trinajstić information content (AvgIpc) is 2.25. The van der Waals surface area contributed by atoms with Gasteiger partial charge in [-0.1, -0.05) is 37.5 Å². The maximum Gasteiger partial charge on any atom is 0.184 e. The van der Waals surface area contributed by atoms with E-state index in [1.54, 1.807) is 11.8 Å². The molecule has 0 atom stereocenters. The zero-order chi connectivity index (χ0) is 12.9. The van der Waals surface area contributed by atoms with Crippen molar-refractivity contribution in [2.45, 2.75) is 19.6 Å². The molecule has 0 spiro atoms. The second kappa shape index (κ2) is 6.21. The molecule has 1 rings (SSSR count). The third-order valence-electron chi connectivity index (χ3n) is 2.11. The van der Waals surface area contributed by atoms with E-state index in [-0.39, 0.29) is 0 Å². The Hall–Kier alpha value is -0.813. The van der Waals surface area contributed by atoms with Crippen LogP contribution in [-0.2, 0) is 7.05 Å². The van der Waals surface area contributed by atoms with E-state index in [0.29, 0.717) is 0 Å². The minimum Gasteiger partial charge on any atom is -0.336 e. The number of aryl methyl sites for hydroxylation is 1. The van der Waals surface area contributed by atoms with Gasteiger partial charge in [-0.15, -0.1) is 0 Å². The van der Waals surface area contributed by atoms with Crippen molar-refractivity contribution in [2.24, 2.45) is 17.0 Å². The second-order valence-corrected chi connectivity index (χ2v) is 11.4. The molecule has 3 nitrogen and oxygen atoms in total. The van der Waals surface area contributed by atoms with Gasteiger partial charge < -0.3 is 4.57 Å². The van der Waals surface area contributed by atoms with Gasteiger partial charge in [0.25, 0.3) is 0 Å². The molecule has 5 heteroatoms. The van der Waals surface area contributed by atoms with Crippen LogP contribution in [0.5, 0.6) is 0 Å². The van der Waals surface area contributed by atoms with Crippen LogP contribution in [0.2, 0.25) is 19.6 Å². The molecule has 1 heterocycles. The molecule has 0 aromatic carbocycles. The van der Waals surface area contributed by atoms with Crippen molar-refractivity contribution < 1.29 is 0 Å². The fourth-order valence-corrected chi connectivity index (χ4v) is 2.30. The first-order valence-corrected chi connectivity index (χ1v) is 10.6. The van der Waals surface area contributed by atoms with Crippen molar-refractivity contribution in [2.75, 3.05) is 12.4 Å². The largest absolute Gasteiger partial charge is 0.336 e. The highest BCUT2D eigenvalue weighted by molar-refractivity contribution is 8.13. The normalized spacial score (nSPS) is 14.2. The highest BCUT2D eigenvalue weighted by Gasteiger charge is 2.12. The van der Waals surface area contributed by atoms with E-state index >= 15 is 0 Å². The number of pyridine rings is 1. The van der Waals surface area contributed by atoms with Gasteiger partial charge in [0.2, 0.25) is 0 Å². The standard InChI is InChI=1S/C12H21N3SSi/c1-15-9-7-6-8-11(15)14-12(16-2)13-10-17(3,4)5/h6-9H,10H2,1-5H3/b13-12-,14-11-. The molecule has 1 aromatic rings. The Morgan fingerprint density at radius 1 is 1.35 bits per heavy atom. The fourth-order valence-electron chi connectivity index (χ4n) is 1.18. The first kappa shape index (κ1) is 14.2. The topological polar surface area (TPSA) is 29.6 Å². The highest BCUT2D eigenvalue weighted by atomic mass is 32.2. The van der Waals surface area contributed by atoms with Gasteiger partial charge in [0.05, 0.1) is 8.07 Å². The van der Waals surface area contributed by atoms with Crippen molar-refractivity contribution in [3.05, 3.63) is 29.9 Å². The number of nitrogens with zero attached hydrogens (tertiary/aromatic N) is 3. The molecule has 0 radical (unpaired) electrons. The lowest BCUT2D eigenvalue weighted by Gasteiger charge is -2.11. The van der Waals surface area contributed by atoms with Gasteiger partial charge in [-0.2, -0.15) is 0 Å². The SMILES string of the molecule is CSC(=N\C[Si](C)(C)C)/N=c1/ccccn1C. The zero-order valence-corrected chi connectivity index (χ0v) is 13.1. The van der Waals surface area contributed by atoms with Crippen molar-refractivity contribution in [1.82, 2.24) is 4.57 Å². The molecule has 0 saturated carbocycles. The Morgan fingerprint density at radius 2 is 2.06 bits per heavy atom. The molecule has 17 heavy (non-hydrogen) atoms. The summed E-state index contributed by atoms with van der Waals surface area (Å²) >= 11 is 1.61. The summed E-state index contributed by atoms with van der Waals surface area (Å²) in [5.41, 5.74) is 0.941. The summed E-state index contributed by atoms with van der Waals surface area (Å²) in [5.74, 6) is 0. The van der Waals surface area contributed by atoms with Crippen molar-refractivity contribution in [1.29, 1.82) is 0 Å². The Kier molecular flexibility index (Phi) is 5.20. The molecule has 0 aliphatic heterocycles. The quantitative estimate of drug-likeness (QED) is 0.460. The molecule has 94 valence electrons. The van der Waals surface area contributed by atoms with Crippen molar-refractivity contribution >= 4 is 25.0 Å². The van der Waals surface area contributed by atoms with Crippen molar-refractivity contribution in [3.8, 4) is 0 Å². The molecule has 0 aliphatic carbocycles. The Bertz CT molecular complexity index is 457. The first-order chi connectivity index (χ1) is 7.92. The predicted molar refractivity (Wildman–Crippen MR) is 80.1 cm³/mol. The van der Waals surface area contributed by atoms with Crippen LogP contribution in [0, 0.1) is 0 Å². The molecular formula is C12H21N3SSi. The molecule has 0 bridgehead atoms. The fraction of sp³-hybridized carbons (Fsp3) is 0.500. The molecule has 1 aromatic heterocycles. The smallest absolute Gasteiger partial charge is 0.184 e. The molecule has 0 amide bonds. The molecule has 0 N–H and O–H groups in total. The first-order valence-electron chi connectivity index (χ1n) is 5.67. The summed E-state index contributed by atoms with van der Waals surface area (Å²) in [6.45, 7) is 6.95. The van der Waals surface area contributed by atoms with Crippen LogP contribution in [0.4, 0.5) is 0 Å². The van der Waals surface area contributed by atoms with E-state index in [9.17, 15) is 0 Å². The van der Waals surface area contributed by atoms with E-state index in [1.165, 1.54) is 0 Å². The molecule has 0 aliphatic rings. The van der Waals surface area contributed by atoms with Crippen LogP contribution >= 0.6 is 11.8 Å². The van der Waals surface area contributed by atoms with Gasteiger partial charge in [-0.3, -0.25) is 4.99 Å². The number of hydrogen-bond donors (Lipinski definition) is 0. The molecule has 0 fully saturated rings. The Morgan fingerprint density at radius 3 is 2.59 bits per heavy atom. The lowest BCUT2D eigenvalue weighted by Crippen LogP contribution is -2.25. The monoisotopic (exact) mass is 267 g/mol. The minimum atomic E-state index is -1.13. The Balaban J connectivity index is 2.98. The van der Waals surface area contributed by atoms with E-state index in [2.05, 4.69) is 29.6 Å². The van der Waals surface area contributed by atoms with Crippen LogP contribution in [0.15, 0.2) is 34.4 Å². The van der Waals surface area contributed by atoms with E-state index in [0.717, 1.165) is 16.8 Å². The van der Waals surface area contributed by atoms with E-state index in [4.69, 9.17) is 0 Å². The summed E-state index contributed by atoms with van der Waals surface area (Å²) in [4.78, 5) is 9.19. The van der Waals surface area contributed by atoms with Crippen LogP contribution in [0.25, 0.3) is 0 Å². The van der Waals surface area contributed by atoms with Gasteiger partial charge in [0.1, 0.15) is 5.49 Å². The summed E-state index contributed by atoms with van der Waals surface area (Å²) in [6.07, 6.45) is 4.95. The maximum atomic E-state index is 4.61. The van der Waals surface area contributed by atoms with Gasteiger partial charge in [-0.25, -0.2) is 4.99 Å². The number of aromatic nitrogens is 1. The van der Waals surface area contributed by atoms with Crippen LogP contribution in [0.3, 0.4) is 0 Å². The lowest BCUT2D eigenvalue weighted by atomic mass is 10.5. The van der Waals surface area contributed by atoms with E-state index < -0.39 is 8.07 Å². The Labute approximate surface area is 109 Å². The summed E-state index contributed by atoms with van der Waals surface area (Å²) in [5, 5.41) is 0.870. The molecule has 0 saturated heterocycles. The number of rotatable bonds is 2.